The minimum Gasteiger partial charge on any atom is -0.481 e. The minimum atomic E-state index is -0.733. The summed E-state index contributed by atoms with van der Waals surface area (Å²) in [6.07, 6.45) is 2.70. The molecular formula is C9H16N2O3. The van der Waals surface area contributed by atoms with E-state index in [1.54, 1.807) is 0 Å². The topological polar surface area (TPSA) is 92.4 Å². The fourth-order valence-electron chi connectivity index (χ4n) is 1.59. The van der Waals surface area contributed by atoms with E-state index in [-0.39, 0.29) is 17.9 Å². The zero-order valence-corrected chi connectivity index (χ0v) is 8.03. The Morgan fingerprint density at radius 2 is 2.14 bits per heavy atom. The molecule has 5 nitrogen and oxygen atoms in total. The van der Waals surface area contributed by atoms with Crippen molar-refractivity contribution in [2.45, 2.75) is 31.7 Å². The van der Waals surface area contributed by atoms with Gasteiger partial charge in [-0.05, 0) is 25.8 Å². The van der Waals surface area contributed by atoms with E-state index in [1.807, 2.05) is 0 Å². The molecule has 0 heterocycles. The SMILES string of the molecule is NC(=O)CCCNC1CCC1C(=O)O. The van der Waals surface area contributed by atoms with Gasteiger partial charge in [0.1, 0.15) is 0 Å². The van der Waals surface area contributed by atoms with Crippen molar-refractivity contribution in [2.75, 3.05) is 6.54 Å². The molecule has 0 aromatic rings. The van der Waals surface area contributed by atoms with Crippen molar-refractivity contribution < 1.29 is 14.7 Å². The van der Waals surface area contributed by atoms with Gasteiger partial charge in [0.05, 0.1) is 5.92 Å². The molecule has 1 rings (SSSR count). The van der Waals surface area contributed by atoms with Crippen molar-refractivity contribution >= 4 is 11.9 Å². The number of carboxylic acid groups (broad SMARTS) is 1. The quantitative estimate of drug-likeness (QED) is 0.513. The van der Waals surface area contributed by atoms with Crippen molar-refractivity contribution in [3.63, 3.8) is 0 Å². The number of aliphatic carboxylic acids is 1. The van der Waals surface area contributed by atoms with Crippen LogP contribution in [0.15, 0.2) is 0 Å². The second-order valence-corrected chi connectivity index (χ2v) is 3.65. The smallest absolute Gasteiger partial charge is 0.308 e. The van der Waals surface area contributed by atoms with Crippen molar-refractivity contribution in [1.29, 1.82) is 0 Å². The molecule has 0 bridgehead atoms. The molecule has 4 N–H and O–H groups in total. The molecule has 2 atom stereocenters. The normalized spacial score (nSPS) is 25.4. The molecule has 5 heteroatoms. The highest BCUT2D eigenvalue weighted by Gasteiger charge is 2.35. The Labute approximate surface area is 82.7 Å². The van der Waals surface area contributed by atoms with Gasteiger partial charge < -0.3 is 16.2 Å². The molecule has 0 radical (unpaired) electrons. The van der Waals surface area contributed by atoms with Crippen LogP contribution in [0.4, 0.5) is 0 Å². The van der Waals surface area contributed by atoms with E-state index >= 15 is 0 Å². The van der Waals surface area contributed by atoms with Crippen LogP contribution in [0.2, 0.25) is 0 Å². The summed E-state index contributed by atoms with van der Waals surface area (Å²) in [7, 11) is 0. The molecule has 1 aliphatic carbocycles. The molecule has 0 saturated heterocycles. The van der Waals surface area contributed by atoms with Gasteiger partial charge >= 0.3 is 5.97 Å². The van der Waals surface area contributed by atoms with Crippen molar-refractivity contribution in [1.82, 2.24) is 5.32 Å². The highest BCUT2D eigenvalue weighted by Crippen LogP contribution is 2.27. The summed E-state index contributed by atoms with van der Waals surface area (Å²) in [4.78, 5) is 21.0. The second-order valence-electron chi connectivity index (χ2n) is 3.65. The first kappa shape index (κ1) is 11.0. The Kier molecular flexibility index (Phi) is 3.88. The number of nitrogens with one attached hydrogen (secondary N) is 1. The second kappa shape index (κ2) is 4.95. The fourth-order valence-corrected chi connectivity index (χ4v) is 1.59. The van der Waals surface area contributed by atoms with E-state index in [9.17, 15) is 9.59 Å². The molecule has 14 heavy (non-hydrogen) atoms. The van der Waals surface area contributed by atoms with Crippen molar-refractivity contribution in [3.05, 3.63) is 0 Å². The first-order valence-corrected chi connectivity index (χ1v) is 4.85. The molecule has 0 aromatic carbocycles. The van der Waals surface area contributed by atoms with Crippen LogP contribution >= 0.6 is 0 Å². The largest absolute Gasteiger partial charge is 0.481 e. The molecule has 1 fully saturated rings. The van der Waals surface area contributed by atoms with Crippen LogP contribution in [0.1, 0.15) is 25.7 Å². The molecule has 1 saturated carbocycles. The number of amides is 1. The number of hydrogen-bond acceptors (Lipinski definition) is 3. The Balaban J connectivity index is 2.07. The van der Waals surface area contributed by atoms with Gasteiger partial charge in [0.15, 0.2) is 0 Å². The van der Waals surface area contributed by atoms with E-state index < -0.39 is 5.97 Å². The zero-order chi connectivity index (χ0) is 10.6. The van der Waals surface area contributed by atoms with E-state index in [4.69, 9.17) is 10.8 Å². The van der Waals surface area contributed by atoms with Crippen LogP contribution in [0.5, 0.6) is 0 Å². The van der Waals surface area contributed by atoms with Gasteiger partial charge in [0, 0.05) is 12.5 Å². The maximum absolute atomic E-state index is 10.6. The lowest BCUT2D eigenvalue weighted by Crippen LogP contribution is -2.47. The molecule has 0 spiro atoms. The number of carbonyl (C=O) groups excluding carboxylic acids is 1. The van der Waals surface area contributed by atoms with Crippen LogP contribution in [0.3, 0.4) is 0 Å². The van der Waals surface area contributed by atoms with Crippen LogP contribution in [-0.2, 0) is 9.59 Å². The Hall–Kier alpha value is -1.10. The van der Waals surface area contributed by atoms with Crippen molar-refractivity contribution in [3.8, 4) is 0 Å². The lowest BCUT2D eigenvalue weighted by atomic mass is 9.79. The van der Waals surface area contributed by atoms with E-state index in [0.717, 1.165) is 12.8 Å². The average Bonchev–Trinajstić information content (AvgIpc) is 1.99. The number of hydrogen-bond donors (Lipinski definition) is 3. The standard InChI is InChI=1S/C9H16N2O3/c10-8(12)2-1-5-11-7-4-3-6(7)9(13)14/h6-7,11H,1-5H2,(H2,10,12)(H,13,14). The van der Waals surface area contributed by atoms with Gasteiger partial charge in [0.25, 0.3) is 0 Å². The Morgan fingerprint density at radius 1 is 1.43 bits per heavy atom. The fraction of sp³-hybridized carbons (Fsp3) is 0.778. The zero-order valence-electron chi connectivity index (χ0n) is 8.03. The summed E-state index contributed by atoms with van der Waals surface area (Å²) in [6, 6.07) is 0.0837. The van der Waals surface area contributed by atoms with Gasteiger partial charge in [-0.2, -0.15) is 0 Å². The summed E-state index contributed by atoms with van der Waals surface area (Å²) < 4.78 is 0. The van der Waals surface area contributed by atoms with E-state index in [1.165, 1.54) is 0 Å². The van der Waals surface area contributed by atoms with Gasteiger partial charge in [-0.3, -0.25) is 9.59 Å². The van der Waals surface area contributed by atoms with E-state index in [0.29, 0.717) is 19.4 Å². The molecule has 1 amide bonds. The minimum absolute atomic E-state index is 0.0837. The molecule has 80 valence electrons. The maximum Gasteiger partial charge on any atom is 0.308 e. The number of nitrogens with two attached hydrogens (primary N) is 1. The van der Waals surface area contributed by atoms with E-state index in [2.05, 4.69) is 5.32 Å². The number of rotatable bonds is 6. The summed E-state index contributed by atoms with van der Waals surface area (Å²) in [6.45, 7) is 0.664. The Bertz CT molecular complexity index is 230. The van der Waals surface area contributed by atoms with Crippen LogP contribution in [0, 0.1) is 5.92 Å². The van der Waals surface area contributed by atoms with Gasteiger partial charge in [-0.15, -0.1) is 0 Å². The first-order valence-electron chi connectivity index (χ1n) is 4.85. The average molecular weight is 200 g/mol. The summed E-state index contributed by atoms with van der Waals surface area (Å²) in [5.41, 5.74) is 4.97. The monoisotopic (exact) mass is 200 g/mol. The maximum atomic E-state index is 10.6. The molecule has 0 aromatic heterocycles. The lowest BCUT2D eigenvalue weighted by Gasteiger charge is -2.34. The van der Waals surface area contributed by atoms with Crippen LogP contribution in [-0.4, -0.2) is 29.6 Å². The van der Waals surface area contributed by atoms with Gasteiger partial charge in [-0.1, -0.05) is 0 Å². The van der Waals surface area contributed by atoms with Crippen LogP contribution in [0.25, 0.3) is 0 Å². The molecule has 0 aliphatic heterocycles. The third-order valence-electron chi connectivity index (χ3n) is 2.60. The molecule has 2 unspecified atom stereocenters. The predicted octanol–water partition coefficient (Wildman–Crippen LogP) is -0.295. The number of carbonyl (C=O) groups is 2. The third kappa shape index (κ3) is 2.99. The van der Waals surface area contributed by atoms with Gasteiger partial charge in [0.2, 0.25) is 5.91 Å². The summed E-state index contributed by atoms with van der Waals surface area (Å²) in [5, 5.41) is 11.9. The molecule has 1 aliphatic rings. The highest BCUT2D eigenvalue weighted by molar-refractivity contribution is 5.73. The third-order valence-corrected chi connectivity index (χ3v) is 2.60. The first-order chi connectivity index (χ1) is 6.61. The Morgan fingerprint density at radius 3 is 2.57 bits per heavy atom. The summed E-state index contributed by atoms with van der Waals surface area (Å²) in [5.74, 6) is -1.29. The molecular weight excluding hydrogens is 184 g/mol. The summed E-state index contributed by atoms with van der Waals surface area (Å²) >= 11 is 0. The van der Waals surface area contributed by atoms with Crippen molar-refractivity contribution in [2.24, 2.45) is 11.7 Å². The highest BCUT2D eigenvalue weighted by atomic mass is 16.4. The van der Waals surface area contributed by atoms with Crippen LogP contribution < -0.4 is 11.1 Å². The number of primary amides is 1. The number of carboxylic acids is 1. The lowest BCUT2D eigenvalue weighted by molar-refractivity contribution is -0.146. The van der Waals surface area contributed by atoms with Gasteiger partial charge in [-0.25, -0.2) is 0 Å². The predicted molar refractivity (Wildman–Crippen MR) is 50.6 cm³/mol.